The lowest BCUT2D eigenvalue weighted by molar-refractivity contribution is -0.143. The third-order valence-electron chi connectivity index (χ3n) is 7.13. The Labute approximate surface area is 183 Å². The van der Waals surface area contributed by atoms with Crippen molar-refractivity contribution in [3.05, 3.63) is 29.8 Å². The number of piperidine rings is 1. The lowest BCUT2D eigenvalue weighted by Crippen LogP contribution is -2.44. The topological polar surface area (TPSA) is 49.8 Å². The maximum absolute atomic E-state index is 11.2. The van der Waals surface area contributed by atoms with Crippen LogP contribution in [0.4, 0.5) is 0 Å². The molecule has 30 heavy (non-hydrogen) atoms. The van der Waals surface area contributed by atoms with Crippen LogP contribution < -0.4 is 4.74 Å². The number of aliphatic carboxylic acids is 1. The normalized spacial score (nSPS) is 25.2. The summed E-state index contributed by atoms with van der Waals surface area (Å²) in [6.07, 6.45) is 14.0. The van der Waals surface area contributed by atoms with Crippen molar-refractivity contribution in [2.75, 3.05) is 19.7 Å². The van der Waals surface area contributed by atoms with Gasteiger partial charge in [0.15, 0.2) is 0 Å². The van der Waals surface area contributed by atoms with Gasteiger partial charge in [-0.2, -0.15) is 0 Å². The SMILES string of the molecule is CCCCCCCCOc1ccc(C2CCCN(C3CCC(C(=O)O)CC3)C2)cc1. The average molecular weight is 416 g/mol. The third-order valence-corrected chi connectivity index (χ3v) is 7.13. The molecule has 1 atom stereocenters. The van der Waals surface area contributed by atoms with Crippen LogP contribution in [0.25, 0.3) is 0 Å². The summed E-state index contributed by atoms with van der Waals surface area (Å²) < 4.78 is 5.94. The number of unbranched alkanes of at least 4 members (excludes halogenated alkanes) is 5. The molecular formula is C26H41NO3. The van der Waals surface area contributed by atoms with E-state index in [1.54, 1.807) is 0 Å². The molecule has 1 aromatic rings. The second kappa shape index (κ2) is 12.3. The Morgan fingerprint density at radius 1 is 1.00 bits per heavy atom. The molecule has 0 aromatic heterocycles. The van der Waals surface area contributed by atoms with Gasteiger partial charge >= 0.3 is 5.97 Å². The van der Waals surface area contributed by atoms with Gasteiger partial charge in [0.25, 0.3) is 0 Å². The van der Waals surface area contributed by atoms with Gasteiger partial charge < -0.3 is 9.84 Å². The van der Waals surface area contributed by atoms with E-state index in [0.717, 1.165) is 51.0 Å². The molecule has 1 saturated heterocycles. The number of carbonyl (C=O) groups is 1. The highest BCUT2D eigenvalue weighted by molar-refractivity contribution is 5.70. The average Bonchev–Trinajstić information content (AvgIpc) is 2.79. The standard InChI is InChI=1S/C26H41NO3/c1-2-3-4-5-6-7-19-30-25-16-12-21(13-17-25)23-9-8-18-27(20-23)24-14-10-22(11-15-24)26(28)29/h12-13,16-17,22-24H,2-11,14-15,18-20H2,1H3,(H,28,29). The Morgan fingerprint density at radius 2 is 1.70 bits per heavy atom. The molecule has 0 amide bonds. The molecule has 1 aliphatic heterocycles. The summed E-state index contributed by atoms with van der Waals surface area (Å²) in [5, 5.41) is 9.24. The first-order valence-corrected chi connectivity index (χ1v) is 12.4. The predicted molar refractivity (Wildman–Crippen MR) is 122 cm³/mol. The van der Waals surface area contributed by atoms with Crippen LogP contribution in [-0.2, 0) is 4.79 Å². The molecule has 0 radical (unpaired) electrons. The smallest absolute Gasteiger partial charge is 0.306 e. The van der Waals surface area contributed by atoms with Gasteiger partial charge in [-0.15, -0.1) is 0 Å². The fraction of sp³-hybridized carbons (Fsp3) is 0.731. The highest BCUT2D eigenvalue weighted by Gasteiger charge is 2.32. The summed E-state index contributed by atoms with van der Waals surface area (Å²) in [6.45, 7) is 5.35. The number of nitrogens with zero attached hydrogens (tertiary/aromatic N) is 1. The van der Waals surface area contributed by atoms with Crippen LogP contribution >= 0.6 is 0 Å². The molecule has 2 aliphatic rings. The number of carboxylic acids is 1. The van der Waals surface area contributed by atoms with Crippen molar-refractivity contribution in [1.82, 2.24) is 4.90 Å². The molecule has 1 aromatic carbocycles. The van der Waals surface area contributed by atoms with Gasteiger partial charge in [0, 0.05) is 12.6 Å². The molecule has 0 bridgehead atoms. The fourth-order valence-electron chi connectivity index (χ4n) is 5.21. The van der Waals surface area contributed by atoms with E-state index < -0.39 is 5.97 Å². The maximum Gasteiger partial charge on any atom is 0.306 e. The van der Waals surface area contributed by atoms with Crippen LogP contribution in [0.15, 0.2) is 24.3 Å². The van der Waals surface area contributed by atoms with Crippen molar-refractivity contribution in [1.29, 1.82) is 0 Å². The van der Waals surface area contributed by atoms with Crippen LogP contribution in [-0.4, -0.2) is 41.7 Å². The molecule has 1 heterocycles. The van der Waals surface area contributed by atoms with Crippen molar-refractivity contribution in [2.45, 2.75) is 95.9 Å². The number of likely N-dealkylation sites (tertiary alicyclic amines) is 1. The summed E-state index contributed by atoms with van der Waals surface area (Å²) in [7, 11) is 0. The monoisotopic (exact) mass is 415 g/mol. The first kappa shape index (κ1) is 23.1. The van der Waals surface area contributed by atoms with Crippen molar-refractivity contribution in [3.8, 4) is 5.75 Å². The fourth-order valence-corrected chi connectivity index (χ4v) is 5.21. The Kier molecular flexibility index (Phi) is 9.51. The lowest BCUT2D eigenvalue weighted by Gasteiger charge is -2.41. The van der Waals surface area contributed by atoms with E-state index in [2.05, 4.69) is 36.1 Å². The minimum atomic E-state index is -0.608. The molecule has 1 saturated carbocycles. The summed E-state index contributed by atoms with van der Waals surface area (Å²) in [6, 6.07) is 9.37. The van der Waals surface area contributed by atoms with Gasteiger partial charge in [-0.3, -0.25) is 9.69 Å². The zero-order valence-electron chi connectivity index (χ0n) is 18.9. The first-order chi connectivity index (χ1) is 14.7. The van der Waals surface area contributed by atoms with Crippen LogP contribution in [0.5, 0.6) is 5.75 Å². The van der Waals surface area contributed by atoms with E-state index >= 15 is 0 Å². The number of carboxylic acid groups (broad SMARTS) is 1. The molecule has 3 rings (SSSR count). The van der Waals surface area contributed by atoms with E-state index in [4.69, 9.17) is 4.74 Å². The zero-order valence-corrected chi connectivity index (χ0v) is 18.9. The summed E-state index contributed by atoms with van der Waals surface area (Å²) >= 11 is 0. The minimum Gasteiger partial charge on any atom is -0.494 e. The van der Waals surface area contributed by atoms with Crippen LogP contribution in [0, 0.1) is 5.92 Å². The third kappa shape index (κ3) is 7.01. The molecule has 1 unspecified atom stereocenters. The molecule has 0 spiro atoms. The van der Waals surface area contributed by atoms with Crippen molar-refractivity contribution in [3.63, 3.8) is 0 Å². The Bertz CT molecular complexity index is 622. The van der Waals surface area contributed by atoms with Crippen LogP contribution in [0.3, 0.4) is 0 Å². The number of ether oxygens (including phenoxy) is 1. The van der Waals surface area contributed by atoms with Gasteiger partial charge in [-0.05, 0) is 75.1 Å². The highest BCUT2D eigenvalue weighted by atomic mass is 16.5. The van der Waals surface area contributed by atoms with Crippen molar-refractivity contribution >= 4 is 5.97 Å². The van der Waals surface area contributed by atoms with Gasteiger partial charge in [0.1, 0.15) is 5.75 Å². The second-order valence-electron chi connectivity index (χ2n) is 9.36. The molecular weight excluding hydrogens is 374 g/mol. The number of hydrogen-bond donors (Lipinski definition) is 1. The van der Waals surface area contributed by atoms with Crippen molar-refractivity contribution < 1.29 is 14.6 Å². The van der Waals surface area contributed by atoms with Crippen molar-refractivity contribution in [2.24, 2.45) is 5.92 Å². The predicted octanol–water partition coefficient (Wildman–Crippen LogP) is 6.25. The largest absolute Gasteiger partial charge is 0.494 e. The molecule has 1 N–H and O–H groups in total. The molecule has 2 fully saturated rings. The lowest BCUT2D eigenvalue weighted by atomic mass is 9.83. The number of hydrogen-bond acceptors (Lipinski definition) is 3. The zero-order chi connectivity index (χ0) is 21.2. The Balaban J connectivity index is 1.41. The summed E-state index contributed by atoms with van der Waals surface area (Å²) in [5.74, 6) is 0.852. The van der Waals surface area contributed by atoms with Gasteiger partial charge in [-0.1, -0.05) is 51.2 Å². The van der Waals surface area contributed by atoms with E-state index in [1.807, 2.05) is 0 Å². The van der Waals surface area contributed by atoms with Crippen LogP contribution in [0.2, 0.25) is 0 Å². The molecule has 4 nitrogen and oxygen atoms in total. The van der Waals surface area contributed by atoms with E-state index in [-0.39, 0.29) is 5.92 Å². The maximum atomic E-state index is 11.2. The highest BCUT2D eigenvalue weighted by Crippen LogP contribution is 2.34. The van der Waals surface area contributed by atoms with Gasteiger partial charge in [0.05, 0.1) is 12.5 Å². The Hall–Kier alpha value is -1.55. The summed E-state index contributed by atoms with van der Waals surface area (Å²) in [4.78, 5) is 13.8. The van der Waals surface area contributed by atoms with Crippen LogP contribution in [0.1, 0.15) is 95.5 Å². The van der Waals surface area contributed by atoms with E-state index in [1.165, 1.54) is 57.1 Å². The van der Waals surface area contributed by atoms with E-state index in [0.29, 0.717) is 12.0 Å². The minimum absolute atomic E-state index is 0.120. The Morgan fingerprint density at radius 3 is 2.40 bits per heavy atom. The van der Waals surface area contributed by atoms with Gasteiger partial charge in [-0.25, -0.2) is 0 Å². The van der Waals surface area contributed by atoms with Gasteiger partial charge in [0.2, 0.25) is 0 Å². The quantitative estimate of drug-likeness (QED) is 0.434. The molecule has 168 valence electrons. The number of benzene rings is 1. The first-order valence-electron chi connectivity index (χ1n) is 12.4. The number of rotatable bonds is 11. The second-order valence-corrected chi connectivity index (χ2v) is 9.36. The molecule has 1 aliphatic carbocycles. The van der Waals surface area contributed by atoms with E-state index in [9.17, 15) is 9.90 Å². The molecule has 4 heteroatoms. The summed E-state index contributed by atoms with van der Waals surface area (Å²) in [5.41, 5.74) is 1.42.